The summed E-state index contributed by atoms with van der Waals surface area (Å²) >= 11 is 0. The molecule has 268 valence electrons. The van der Waals surface area contributed by atoms with Crippen molar-refractivity contribution in [2.75, 3.05) is 13.2 Å². The van der Waals surface area contributed by atoms with Crippen LogP contribution in [0.2, 0.25) is 0 Å². The van der Waals surface area contributed by atoms with Crippen LogP contribution in [0, 0.1) is 62.6 Å². The van der Waals surface area contributed by atoms with E-state index in [9.17, 15) is 35.4 Å². The highest BCUT2D eigenvalue weighted by molar-refractivity contribution is 5.73. The molecule has 1 unspecified atom stereocenters. The number of aliphatic hydroxyl groups excluding tert-OH is 5. The Bertz CT molecular complexity index is 1250. The molecule has 0 aromatic rings. The molecule has 0 spiro atoms. The summed E-state index contributed by atoms with van der Waals surface area (Å²) in [6, 6.07) is 0. The van der Waals surface area contributed by atoms with Gasteiger partial charge < -0.3 is 44.8 Å². The summed E-state index contributed by atoms with van der Waals surface area (Å²) in [5.41, 5.74) is -1.11. The second-order valence-corrected chi connectivity index (χ2v) is 17.8. The minimum Gasteiger partial charge on any atom is -0.481 e. The van der Waals surface area contributed by atoms with Crippen LogP contribution in [0.4, 0.5) is 0 Å². The molecule has 10 nitrogen and oxygen atoms in total. The number of hydrogen-bond donors (Lipinski definition) is 6. The number of aliphatic hydroxyl groups is 5. The van der Waals surface area contributed by atoms with E-state index in [4.69, 9.17) is 14.2 Å². The molecule has 2 saturated heterocycles. The van der Waals surface area contributed by atoms with Gasteiger partial charge in [0.1, 0.15) is 24.4 Å². The number of hydrogen-bond acceptors (Lipinski definition) is 9. The molecule has 17 atom stereocenters. The Morgan fingerprint density at radius 2 is 1.68 bits per heavy atom. The van der Waals surface area contributed by atoms with E-state index in [0.29, 0.717) is 18.8 Å². The molecule has 2 heterocycles. The maximum atomic E-state index is 13.3. The third-order valence-electron chi connectivity index (χ3n) is 15.6. The van der Waals surface area contributed by atoms with Crippen LogP contribution < -0.4 is 0 Å². The predicted octanol–water partition coefficient (Wildman–Crippen LogP) is 3.71. The van der Waals surface area contributed by atoms with Gasteiger partial charge in [0.25, 0.3) is 0 Å². The van der Waals surface area contributed by atoms with Gasteiger partial charge in [-0.05, 0) is 84.4 Å². The van der Waals surface area contributed by atoms with Crippen molar-refractivity contribution in [3.05, 3.63) is 11.6 Å². The van der Waals surface area contributed by atoms with E-state index in [1.165, 1.54) is 5.57 Å². The average molecular weight is 665 g/mol. The molecule has 0 aromatic carbocycles. The molecule has 2 aliphatic heterocycles. The molecule has 5 fully saturated rings. The highest BCUT2D eigenvalue weighted by atomic mass is 16.7. The van der Waals surface area contributed by atoms with Crippen LogP contribution in [0.5, 0.6) is 0 Å². The SMILES string of the molecule is CC(C)[C@@H](C)[C@@]1(C)CC[C@]2(C)[C@H]3CC[C@H]4[C@]5(C)COC(O)[C@@]4(C[C@@H](C)[C@@H]5O[C@@H]4O[C@H](CO)[C@@H](O)[C@H](O)[C@H]4O)C3=CC[C@@]2(C)[C@@H]1C(=O)O. The van der Waals surface area contributed by atoms with Crippen LogP contribution in [0.15, 0.2) is 11.6 Å². The molecule has 6 rings (SSSR count). The van der Waals surface area contributed by atoms with E-state index < -0.39 is 77.8 Å². The highest BCUT2D eigenvalue weighted by Crippen LogP contribution is 2.76. The summed E-state index contributed by atoms with van der Waals surface area (Å²) < 4.78 is 18.6. The molecule has 10 heteroatoms. The maximum Gasteiger partial charge on any atom is 0.307 e. The lowest BCUT2D eigenvalue weighted by Gasteiger charge is -2.72. The molecular weight excluding hydrogens is 604 g/mol. The van der Waals surface area contributed by atoms with Crippen LogP contribution in [0.25, 0.3) is 0 Å². The van der Waals surface area contributed by atoms with Gasteiger partial charge >= 0.3 is 5.97 Å². The van der Waals surface area contributed by atoms with Crippen molar-refractivity contribution in [3.8, 4) is 0 Å². The Morgan fingerprint density at radius 1 is 1.00 bits per heavy atom. The molecule has 6 aliphatic rings. The first-order chi connectivity index (χ1) is 21.8. The topological polar surface area (TPSA) is 166 Å². The third kappa shape index (κ3) is 4.68. The van der Waals surface area contributed by atoms with Crippen molar-refractivity contribution < 1.29 is 49.6 Å². The van der Waals surface area contributed by atoms with Crippen LogP contribution >= 0.6 is 0 Å². The molecule has 6 N–H and O–H groups in total. The number of aliphatic carboxylic acids is 1. The van der Waals surface area contributed by atoms with E-state index in [-0.39, 0.29) is 41.1 Å². The number of rotatable bonds is 6. The minimum atomic E-state index is -1.53. The Hall–Kier alpha value is -1.11. The maximum absolute atomic E-state index is 13.3. The van der Waals surface area contributed by atoms with Crippen molar-refractivity contribution in [1.82, 2.24) is 0 Å². The zero-order valence-corrected chi connectivity index (χ0v) is 29.6. The Labute approximate surface area is 279 Å². The van der Waals surface area contributed by atoms with E-state index in [1.807, 2.05) is 0 Å². The monoisotopic (exact) mass is 664 g/mol. The zero-order valence-electron chi connectivity index (χ0n) is 29.6. The lowest BCUT2D eigenvalue weighted by Crippen LogP contribution is -2.71. The van der Waals surface area contributed by atoms with Crippen molar-refractivity contribution in [2.24, 2.45) is 62.6 Å². The lowest BCUT2D eigenvalue weighted by atomic mass is 9.34. The van der Waals surface area contributed by atoms with Gasteiger partial charge in [-0.15, -0.1) is 0 Å². The van der Waals surface area contributed by atoms with Gasteiger partial charge in [-0.1, -0.05) is 67.0 Å². The molecule has 0 radical (unpaired) electrons. The normalized spacial score (nSPS) is 54.9. The van der Waals surface area contributed by atoms with Crippen LogP contribution in [0.3, 0.4) is 0 Å². The van der Waals surface area contributed by atoms with E-state index in [1.54, 1.807) is 0 Å². The first-order valence-corrected chi connectivity index (χ1v) is 18.0. The first-order valence-electron chi connectivity index (χ1n) is 18.0. The number of fused-ring (bicyclic) bond motifs is 3. The fourth-order valence-corrected chi connectivity index (χ4v) is 12.6. The zero-order chi connectivity index (χ0) is 34.6. The van der Waals surface area contributed by atoms with Crippen molar-refractivity contribution in [1.29, 1.82) is 0 Å². The van der Waals surface area contributed by atoms with Crippen LogP contribution in [0.1, 0.15) is 93.9 Å². The molecule has 2 bridgehead atoms. The van der Waals surface area contributed by atoms with Gasteiger partial charge in [0.15, 0.2) is 12.6 Å². The Balaban J connectivity index is 1.37. The van der Waals surface area contributed by atoms with Gasteiger partial charge in [-0.25, -0.2) is 0 Å². The largest absolute Gasteiger partial charge is 0.481 e. The molecule has 47 heavy (non-hydrogen) atoms. The Morgan fingerprint density at radius 3 is 2.30 bits per heavy atom. The van der Waals surface area contributed by atoms with Crippen LogP contribution in [-0.2, 0) is 19.0 Å². The molecule has 0 amide bonds. The minimum absolute atomic E-state index is 0.00891. The van der Waals surface area contributed by atoms with E-state index >= 15 is 0 Å². The number of carboxylic acids is 1. The molecule has 3 saturated carbocycles. The quantitative estimate of drug-likeness (QED) is 0.182. The van der Waals surface area contributed by atoms with Gasteiger partial charge in [0, 0.05) is 10.8 Å². The predicted molar refractivity (Wildman–Crippen MR) is 173 cm³/mol. The average Bonchev–Trinajstić information content (AvgIpc) is 3.01. The summed E-state index contributed by atoms with van der Waals surface area (Å²) in [4.78, 5) is 13.3. The number of allylic oxidation sites excluding steroid dienone is 1. The fourth-order valence-electron chi connectivity index (χ4n) is 12.6. The van der Waals surface area contributed by atoms with Crippen molar-refractivity contribution in [2.45, 2.75) is 137 Å². The van der Waals surface area contributed by atoms with Crippen LogP contribution in [-0.4, -0.2) is 92.9 Å². The van der Waals surface area contributed by atoms with Gasteiger partial charge in [0.05, 0.1) is 25.2 Å². The summed E-state index contributed by atoms with van der Waals surface area (Å²) in [6.07, 6.45) is -1.34. The van der Waals surface area contributed by atoms with Crippen molar-refractivity contribution in [3.63, 3.8) is 0 Å². The lowest BCUT2D eigenvalue weighted by molar-refractivity contribution is -0.363. The van der Waals surface area contributed by atoms with Crippen molar-refractivity contribution >= 4 is 5.97 Å². The van der Waals surface area contributed by atoms with E-state index in [0.717, 1.165) is 25.7 Å². The third-order valence-corrected chi connectivity index (χ3v) is 15.6. The summed E-state index contributed by atoms with van der Waals surface area (Å²) in [7, 11) is 0. The standard InChI is InChI=1S/C37H60O10/c1-18(2)20(4)33(5)13-14-35(7)21-9-10-24-34(6)17-45-32(44)37(24,22(21)11-12-36(35,8)28(33)30(42)43)15-19(3)29(34)47-31-27(41)26(40)25(39)23(16-38)46-31/h11,18-21,23-29,31-32,38-41,44H,9-10,12-17H2,1-8H3,(H,42,43)/t19-,20-,21+,23-,24+,25-,26+,27-,28-,29+,31+,32?,33-,34+,35-,36+,37+/m1/s1. The second-order valence-electron chi connectivity index (χ2n) is 17.8. The highest BCUT2D eigenvalue weighted by Gasteiger charge is 2.73. The molecular formula is C37H60O10. The number of ether oxygens (including phenoxy) is 3. The second kappa shape index (κ2) is 11.7. The van der Waals surface area contributed by atoms with Gasteiger partial charge in [0.2, 0.25) is 0 Å². The molecule has 0 aromatic heterocycles. The van der Waals surface area contributed by atoms with Gasteiger partial charge in [-0.3, -0.25) is 4.79 Å². The summed E-state index contributed by atoms with van der Waals surface area (Å²) in [5, 5.41) is 64.2. The fraction of sp³-hybridized carbons (Fsp3) is 0.919. The first kappa shape index (κ1) is 35.7. The number of carbonyl (C=O) groups is 1. The summed E-state index contributed by atoms with van der Waals surface area (Å²) in [5.74, 6) is -0.592. The Kier molecular flexibility index (Phi) is 8.91. The van der Waals surface area contributed by atoms with Gasteiger partial charge in [-0.2, -0.15) is 0 Å². The molecule has 4 aliphatic carbocycles. The summed E-state index contributed by atoms with van der Waals surface area (Å²) in [6.45, 7) is 17.3. The van der Waals surface area contributed by atoms with E-state index in [2.05, 4.69) is 61.5 Å². The smallest absolute Gasteiger partial charge is 0.307 e. The number of carboxylic acid groups (broad SMARTS) is 1.